The van der Waals surface area contributed by atoms with E-state index in [1.165, 1.54) is 23.5 Å². The molecule has 18 heavy (non-hydrogen) atoms. The highest BCUT2D eigenvalue weighted by Gasteiger charge is 2.22. The van der Waals surface area contributed by atoms with Gasteiger partial charge in [0.2, 0.25) is 0 Å². The maximum atomic E-state index is 12.8. The van der Waals surface area contributed by atoms with Crippen molar-refractivity contribution in [2.24, 2.45) is 0 Å². The van der Waals surface area contributed by atoms with Crippen LogP contribution in [0.5, 0.6) is 0 Å². The zero-order valence-corrected chi connectivity index (χ0v) is 11.4. The third-order valence-electron chi connectivity index (χ3n) is 2.74. The summed E-state index contributed by atoms with van der Waals surface area (Å²) in [6.07, 6.45) is 0.803. The molecule has 1 nitrogen and oxygen atoms in total. The van der Waals surface area contributed by atoms with Gasteiger partial charge in [0.1, 0.15) is 11.2 Å². The number of thiophene rings is 1. The Balaban J connectivity index is 2.26. The number of benzene rings is 1. The van der Waals surface area contributed by atoms with Gasteiger partial charge >= 0.3 is 0 Å². The third kappa shape index (κ3) is 2.62. The molecule has 1 aromatic heterocycles. The number of rotatable bonds is 4. The summed E-state index contributed by atoms with van der Waals surface area (Å²) in [7, 11) is 0. The molecule has 1 unspecified atom stereocenters. The van der Waals surface area contributed by atoms with Gasteiger partial charge in [-0.3, -0.25) is 4.79 Å². The van der Waals surface area contributed by atoms with Gasteiger partial charge in [-0.25, -0.2) is 4.39 Å². The quantitative estimate of drug-likeness (QED) is 0.591. The second-order valence-corrected chi connectivity index (χ2v) is 5.26. The van der Waals surface area contributed by atoms with Crippen molar-refractivity contribution in [3.8, 4) is 0 Å². The van der Waals surface area contributed by atoms with Crippen LogP contribution in [0, 0.1) is 5.82 Å². The number of carbonyl (C=O) groups is 1. The van der Waals surface area contributed by atoms with Gasteiger partial charge in [0, 0.05) is 0 Å². The molecule has 2 rings (SSSR count). The first-order chi connectivity index (χ1) is 8.63. The molecule has 0 N–H and O–H groups in total. The first kappa shape index (κ1) is 13.2. The number of ketones is 1. The van der Waals surface area contributed by atoms with Crippen molar-refractivity contribution in [2.75, 3.05) is 0 Å². The van der Waals surface area contributed by atoms with Gasteiger partial charge in [-0.2, -0.15) is 0 Å². The standard InChI is InChI=1S/C14H12ClFOS/c1-2-9-7-8-18-14(9)13(17)12(15)10-3-5-11(16)6-4-10/h3-8,12H,2H2,1H3. The number of carbonyl (C=O) groups excluding carboxylic acids is 1. The van der Waals surface area contributed by atoms with E-state index in [0.717, 1.165) is 12.0 Å². The fourth-order valence-corrected chi connectivity index (χ4v) is 3.01. The topological polar surface area (TPSA) is 17.1 Å². The Morgan fingerprint density at radius 3 is 2.61 bits per heavy atom. The summed E-state index contributed by atoms with van der Waals surface area (Å²) in [5.41, 5.74) is 1.64. The molecule has 0 bridgehead atoms. The molecule has 1 aromatic carbocycles. The van der Waals surface area contributed by atoms with Crippen LogP contribution in [0.3, 0.4) is 0 Å². The van der Waals surface area contributed by atoms with Crippen molar-refractivity contribution < 1.29 is 9.18 Å². The summed E-state index contributed by atoms with van der Waals surface area (Å²) in [5.74, 6) is -0.449. The molecule has 4 heteroatoms. The zero-order chi connectivity index (χ0) is 13.1. The van der Waals surface area contributed by atoms with E-state index in [0.29, 0.717) is 10.4 Å². The highest BCUT2D eigenvalue weighted by molar-refractivity contribution is 7.12. The fourth-order valence-electron chi connectivity index (χ4n) is 1.73. The van der Waals surface area contributed by atoms with Gasteiger partial charge in [-0.1, -0.05) is 19.1 Å². The Bertz CT molecular complexity index is 547. The molecular weight excluding hydrogens is 271 g/mol. The maximum Gasteiger partial charge on any atom is 0.195 e. The summed E-state index contributed by atoms with van der Waals surface area (Å²) in [6.45, 7) is 2.00. The number of hydrogen-bond acceptors (Lipinski definition) is 2. The molecule has 94 valence electrons. The van der Waals surface area contributed by atoms with Gasteiger partial charge < -0.3 is 0 Å². The van der Waals surface area contributed by atoms with Gasteiger partial charge in [0.05, 0.1) is 4.88 Å². The minimum atomic E-state index is -0.755. The van der Waals surface area contributed by atoms with E-state index in [4.69, 9.17) is 11.6 Å². The molecule has 1 atom stereocenters. The first-order valence-electron chi connectivity index (χ1n) is 5.63. The Morgan fingerprint density at radius 1 is 1.33 bits per heavy atom. The van der Waals surface area contributed by atoms with E-state index < -0.39 is 5.38 Å². The van der Waals surface area contributed by atoms with Gasteiger partial charge in [-0.15, -0.1) is 22.9 Å². The average Bonchev–Trinajstić information content (AvgIpc) is 2.86. The van der Waals surface area contributed by atoms with Crippen molar-refractivity contribution in [1.82, 2.24) is 0 Å². The van der Waals surface area contributed by atoms with E-state index >= 15 is 0 Å². The number of alkyl halides is 1. The molecule has 0 saturated heterocycles. The normalized spacial score (nSPS) is 12.4. The molecule has 0 amide bonds. The number of aryl methyl sites for hydroxylation is 1. The SMILES string of the molecule is CCc1ccsc1C(=O)C(Cl)c1ccc(F)cc1. The van der Waals surface area contributed by atoms with Crippen molar-refractivity contribution >= 4 is 28.7 Å². The van der Waals surface area contributed by atoms with Crippen molar-refractivity contribution in [2.45, 2.75) is 18.7 Å². The van der Waals surface area contributed by atoms with Crippen LogP contribution in [-0.2, 0) is 6.42 Å². The molecular formula is C14H12ClFOS. The Labute approximate surface area is 114 Å². The fraction of sp³-hybridized carbons (Fsp3) is 0.214. The summed E-state index contributed by atoms with van der Waals surface area (Å²) in [6, 6.07) is 7.65. The minimum Gasteiger partial charge on any atom is -0.291 e. The minimum absolute atomic E-state index is 0.116. The lowest BCUT2D eigenvalue weighted by atomic mass is 10.0. The van der Waals surface area contributed by atoms with Crippen LogP contribution in [0.15, 0.2) is 35.7 Å². The third-order valence-corrected chi connectivity index (χ3v) is 4.17. The summed E-state index contributed by atoms with van der Waals surface area (Å²) in [5, 5.41) is 1.13. The number of halogens is 2. The highest BCUT2D eigenvalue weighted by Crippen LogP contribution is 2.29. The van der Waals surface area contributed by atoms with E-state index in [1.54, 1.807) is 12.1 Å². The predicted octanol–water partition coefficient (Wildman–Crippen LogP) is 4.61. The second-order valence-electron chi connectivity index (χ2n) is 3.91. The van der Waals surface area contributed by atoms with Crippen molar-refractivity contribution in [3.63, 3.8) is 0 Å². The van der Waals surface area contributed by atoms with Crippen molar-refractivity contribution in [3.05, 3.63) is 57.5 Å². The van der Waals surface area contributed by atoms with Crippen LogP contribution in [0.25, 0.3) is 0 Å². The molecule has 0 aliphatic rings. The number of hydrogen-bond donors (Lipinski definition) is 0. The van der Waals surface area contributed by atoms with Crippen molar-refractivity contribution in [1.29, 1.82) is 0 Å². The van der Waals surface area contributed by atoms with Crippen LogP contribution < -0.4 is 0 Å². The summed E-state index contributed by atoms with van der Waals surface area (Å²) < 4.78 is 12.8. The zero-order valence-electron chi connectivity index (χ0n) is 9.82. The van der Waals surface area contributed by atoms with Crippen LogP contribution >= 0.6 is 22.9 Å². The monoisotopic (exact) mass is 282 g/mol. The molecule has 0 saturated carbocycles. The molecule has 0 aliphatic heterocycles. The first-order valence-corrected chi connectivity index (χ1v) is 6.95. The smallest absolute Gasteiger partial charge is 0.195 e. The Hall–Kier alpha value is -1.19. The maximum absolute atomic E-state index is 12.8. The van der Waals surface area contributed by atoms with E-state index in [1.807, 2.05) is 18.4 Å². The predicted molar refractivity (Wildman–Crippen MR) is 73.0 cm³/mol. The summed E-state index contributed by atoms with van der Waals surface area (Å²) >= 11 is 7.56. The van der Waals surface area contributed by atoms with Gasteiger partial charge in [-0.05, 0) is 41.1 Å². The van der Waals surface area contributed by atoms with Crippen LogP contribution in [0.2, 0.25) is 0 Å². The highest BCUT2D eigenvalue weighted by atomic mass is 35.5. The molecule has 0 aliphatic carbocycles. The number of Topliss-reactive ketones (excluding diaryl/α,β-unsaturated/α-hetero) is 1. The van der Waals surface area contributed by atoms with E-state index in [9.17, 15) is 9.18 Å². The lowest BCUT2D eigenvalue weighted by molar-refractivity contribution is 0.0990. The molecule has 2 aromatic rings. The molecule has 1 heterocycles. The largest absolute Gasteiger partial charge is 0.291 e. The lowest BCUT2D eigenvalue weighted by Gasteiger charge is -2.08. The van der Waals surface area contributed by atoms with Gasteiger partial charge in [0.25, 0.3) is 0 Å². The molecule has 0 radical (unpaired) electrons. The Kier molecular flexibility index (Phi) is 4.15. The second kappa shape index (κ2) is 5.63. The van der Waals surface area contributed by atoms with Gasteiger partial charge in [0.15, 0.2) is 5.78 Å². The van der Waals surface area contributed by atoms with E-state index in [-0.39, 0.29) is 11.6 Å². The Morgan fingerprint density at radius 2 is 2.00 bits per heavy atom. The lowest BCUT2D eigenvalue weighted by Crippen LogP contribution is -2.07. The van der Waals surface area contributed by atoms with E-state index in [2.05, 4.69) is 0 Å². The van der Waals surface area contributed by atoms with Crippen LogP contribution in [0.1, 0.15) is 33.1 Å². The molecule has 0 fully saturated rings. The summed E-state index contributed by atoms with van der Waals surface area (Å²) in [4.78, 5) is 13.0. The average molecular weight is 283 g/mol. The molecule has 0 spiro atoms. The van der Waals surface area contributed by atoms with Crippen LogP contribution in [0.4, 0.5) is 4.39 Å². The van der Waals surface area contributed by atoms with Crippen LogP contribution in [-0.4, -0.2) is 5.78 Å².